The summed E-state index contributed by atoms with van der Waals surface area (Å²) in [6, 6.07) is 18.4. The standard InChI is InChI=1S/C34H37ClN4O7S/c1-24-29(35)11-4-13-31(24)45-17-5-14-32(40)39-16-7-18-46-33-28(10-3-12-30(33)39)27-21-37-38(23-27)22-25-8-2-9-26(20-25)34(41)36-15-6-19-47(42,43)44/h2-4,8-13,20-21,23H,5-7,14-19,22H2,1H3,(H,36,41)(H,42,43,44). The number of para-hydroxylation sites is 1. The summed E-state index contributed by atoms with van der Waals surface area (Å²) >= 11 is 6.19. The summed E-state index contributed by atoms with van der Waals surface area (Å²) in [5, 5.41) is 7.85. The highest BCUT2D eigenvalue weighted by atomic mass is 35.5. The normalized spacial score (nSPS) is 13.0. The van der Waals surface area contributed by atoms with Gasteiger partial charge in [-0.15, -0.1) is 0 Å². The van der Waals surface area contributed by atoms with E-state index in [0.717, 1.165) is 27.9 Å². The minimum atomic E-state index is -4.07. The number of amides is 2. The molecular weight excluding hydrogens is 644 g/mol. The Kier molecular flexibility index (Phi) is 11.2. The van der Waals surface area contributed by atoms with Crippen LogP contribution < -0.4 is 19.7 Å². The van der Waals surface area contributed by atoms with Crippen molar-refractivity contribution in [2.24, 2.45) is 0 Å². The SMILES string of the molecule is Cc1c(Cl)cccc1OCCCC(=O)N1CCCOc2c(-c3cnn(Cc4cccc(C(=O)NCCCS(=O)(=O)O)c4)c3)cccc21. The Morgan fingerprint density at radius 3 is 2.74 bits per heavy atom. The highest BCUT2D eigenvalue weighted by molar-refractivity contribution is 7.85. The summed E-state index contributed by atoms with van der Waals surface area (Å²) in [5.41, 5.74) is 4.53. The zero-order chi connectivity index (χ0) is 33.4. The molecule has 0 aliphatic carbocycles. The predicted molar refractivity (Wildman–Crippen MR) is 180 cm³/mol. The molecule has 0 radical (unpaired) electrons. The lowest BCUT2D eigenvalue weighted by Crippen LogP contribution is -2.31. The van der Waals surface area contributed by atoms with Crippen molar-refractivity contribution in [3.8, 4) is 22.6 Å². The molecule has 3 aromatic carbocycles. The number of nitrogens with zero attached hydrogens (tertiary/aromatic N) is 3. The van der Waals surface area contributed by atoms with E-state index in [-0.39, 0.29) is 24.8 Å². The fourth-order valence-corrected chi connectivity index (χ4v) is 6.00. The van der Waals surface area contributed by atoms with Crippen molar-refractivity contribution in [2.45, 2.75) is 39.2 Å². The quantitative estimate of drug-likeness (QED) is 0.139. The molecule has 0 atom stereocenters. The van der Waals surface area contributed by atoms with Crippen LogP contribution in [0.5, 0.6) is 11.5 Å². The number of benzene rings is 3. The molecule has 5 rings (SSSR count). The van der Waals surface area contributed by atoms with Crippen LogP contribution in [0.4, 0.5) is 5.69 Å². The van der Waals surface area contributed by atoms with E-state index >= 15 is 0 Å². The Morgan fingerprint density at radius 1 is 1.11 bits per heavy atom. The minimum Gasteiger partial charge on any atom is -0.493 e. The molecule has 0 bridgehead atoms. The molecule has 248 valence electrons. The van der Waals surface area contributed by atoms with Crippen LogP contribution in [0.1, 0.15) is 47.2 Å². The molecule has 1 aliphatic heterocycles. The zero-order valence-corrected chi connectivity index (χ0v) is 27.6. The maximum atomic E-state index is 13.4. The molecule has 1 aliphatic rings. The number of ether oxygens (including phenoxy) is 2. The van der Waals surface area contributed by atoms with Crippen molar-refractivity contribution in [1.82, 2.24) is 15.1 Å². The highest BCUT2D eigenvalue weighted by Crippen LogP contribution is 2.40. The van der Waals surface area contributed by atoms with Crippen LogP contribution in [-0.4, -0.2) is 66.6 Å². The van der Waals surface area contributed by atoms with E-state index in [2.05, 4.69) is 10.4 Å². The van der Waals surface area contributed by atoms with Gasteiger partial charge in [0.05, 0.1) is 37.4 Å². The van der Waals surface area contributed by atoms with Crippen LogP contribution in [0.15, 0.2) is 73.1 Å². The van der Waals surface area contributed by atoms with Gasteiger partial charge in [-0.05, 0) is 62.1 Å². The van der Waals surface area contributed by atoms with Gasteiger partial charge in [0.2, 0.25) is 5.91 Å². The molecule has 0 saturated heterocycles. The lowest BCUT2D eigenvalue weighted by atomic mass is 10.1. The molecule has 47 heavy (non-hydrogen) atoms. The van der Waals surface area contributed by atoms with Crippen LogP contribution in [0.2, 0.25) is 5.02 Å². The zero-order valence-electron chi connectivity index (χ0n) is 26.0. The van der Waals surface area contributed by atoms with Gasteiger partial charge in [-0.1, -0.05) is 41.9 Å². The van der Waals surface area contributed by atoms with Gasteiger partial charge in [0.1, 0.15) is 5.75 Å². The number of carbonyl (C=O) groups excluding carboxylic acids is 2. The average Bonchev–Trinajstić information content (AvgIpc) is 3.39. The van der Waals surface area contributed by atoms with Crippen molar-refractivity contribution in [3.63, 3.8) is 0 Å². The number of anilines is 1. The number of rotatable bonds is 13. The van der Waals surface area contributed by atoms with E-state index < -0.39 is 15.9 Å². The number of carbonyl (C=O) groups is 2. The first kappa shape index (κ1) is 34.0. The van der Waals surface area contributed by atoms with Crippen LogP contribution in [0.25, 0.3) is 11.1 Å². The smallest absolute Gasteiger partial charge is 0.264 e. The third-order valence-corrected chi connectivity index (χ3v) is 8.93. The average molecular weight is 681 g/mol. The maximum Gasteiger partial charge on any atom is 0.264 e. The largest absolute Gasteiger partial charge is 0.493 e. The molecule has 4 aromatic rings. The molecule has 0 fully saturated rings. The fraction of sp³-hybridized carbons (Fsp3) is 0.324. The van der Waals surface area contributed by atoms with Crippen LogP contribution >= 0.6 is 11.6 Å². The van der Waals surface area contributed by atoms with Crippen LogP contribution in [-0.2, 0) is 21.5 Å². The Morgan fingerprint density at radius 2 is 1.91 bits per heavy atom. The van der Waals surface area contributed by atoms with Gasteiger partial charge in [0.25, 0.3) is 16.0 Å². The molecule has 2 amide bonds. The fourth-order valence-electron chi connectivity index (χ4n) is 5.32. The molecule has 0 saturated carbocycles. The van der Waals surface area contributed by atoms with E-state index in [1.165, 1.54) is 0 Å². The second-order valence-electron chi connectivity index (χ2n) is 11.2. The summed E-state index contributed by atoms with van der Waals surface area (Å²) < 4.78 is 44.5. The van der Waals surface area contributed by atoms with Crippen molar-refractivity contribution in [3.05, 3.63) is 94.8 Å². The van der Waals surface area contributed by atoms with Crippen molar-refractivity contribution >= 4 is 39.2 Å². The van der Waals surface area contributed by atoms with Gasteiger partial charge >= 0.3 is 0 Å². The Labute approximate surface area is 279 Å². The second-order valence-corrected chi connectivity index (χ2v) is 13.2. The molecule has 11 nitrogen and oxygen atoms in total. The van der Waals surface area contributed by atoms with Gasteiger partial charge < -0.3 is 19.7 Å². The first-order chi connectivity index (χ1) is 22.6. The second kappa shape index (κ2) is 15.5. The lowest BCUT2D eigenvalue weighted by Gasteiger charge is -2.23. The van der Waals surface area contributed by atoms with Gasteiger partial charge in [0.15, 0.2) is 5.75 Å². The molecule has 1 aromatic heterocycles. The Bertz CT molecular complexity index is 1840. The number of halogens is 1. The third-order valence-electron chi connectivity index (χ3n) is 7.71. The summed E-state index contributed by atoms with van der Waals surface area (Å²) in [6.07, 6.45) is 5.33. The van der Waals surface area contributed by atoms with E-state index in [1.54, 1.807) is 34.0 Å². The Balaban J connectivity index is 1.23. The summed E-state index contributed by atoms with van der Waals surface area (Å²) in [4.78, 5) is 27.8. The predicted octanol–water partition coefficient (Wildman–Crippen LogP) is 5.54. The monoisotopic (exact) mass is 680 g/mol. The molecule has 2 N–H and O–H groups in total. The molecule has 13 heteroatoms. The summed E-state index contributed by atoms with van der Waals surface area (Å²) in [5.74, 6) is 0.595. The van der Waals surface area contributed by atoms with Gasteiger partial charge in [-0.25, -0.2) is 0 Å². The number of fused-ring (bicyclic) bond motifs is 1. The number of aromatic nitrogens is 2. The number of hydrogen-bond acceptors (Lipinski definition) is 7. The van der Waals surface area contributed by atoms with Crippen molar-refractivity contribution in [2.75, 3.05) is 37.0 Å². The van der Waals surface area contributed by atoms with Gasteiger partial charge in [-0.3, -0.25) is 18.8 Å². The molecule has 2 heterocycles. The van der Waals surface area contributed by atoms with E-state index in [9.17, 15) is 18.0 Å². The van der Waals surface area contributed by atoms with E-state index in [0.29, 0.717) is 67.7 Å². The molecular formula is C34H37ClN4O7S. The number of nitrogens with one attached hydrogen (secondary N) is 1. The highest BCUT2D eigenvalue weighted by Gasteiger charge is 2.25. The van der Waals surface area contributed by atoms with Gasteiger partial charge in [0, 0.05) is 53.0 Å². The summed E-state index contributed by atoms with van der Waals surface area (Å²) in [7, 11) is -4.07. The van der Waals surface area contributed by atoms with Gasteiger partial charge in [-0.2, -0.15) is 13.5 Å². The van der Waals surface area contributed by atoms with Crippen LogP contribution in [0, 0.1) is 6.92 Å². The summed E-state index contributed by atoms with van der Waals surface area (Å²) in [6.45, 7) is 3.85. The third kappa shape index (κ3) is 9.12. The minimum absolute atomic E-state index is 0.00152. The topological polar surface area (TPSA) is 140 Å². The lowest BCUT2D eigenvalue weighted by molar-refractivity contribution is -0.118. The number of hydrogen-bond donors (Lipinski definition) is 2. The molecule has 0 spiro atoms. The maximum absolute atomic E-state index is 13.4. The van der Waals surface area contributed by atoms with Crippen LogP contribution in [0.3, 0.4) is 0 Å². The first-order valence-electron chi connectivity index (χ1n) is 15.4. The van der Waals surface area contributed by atoms with E-state index in [1.807, 2.05) is 55.6 Å². The van der Waals surface area contributed by atoms with Crippen molar-refractivity contribution in [1.29, 1.82) is 0 Å². The first-order valence-corrected chi connectivity index (χ1v) is 17.4. The molecule has 0 unspecified atom stereocenters. The van der Waals surface area contributed by atoms with Crippen molar-refractivity contribution < 1.29 is 32.0 Å². The Hall–Kier alpha value is -4.39. The van der Waals surface area contributed by atoms with E-state index in [4.69, 9.17) is 25.6 Å².